The van der Waals surface area contributed by atoms with Gasteiger partial charge in [-0.05, 0) is 31.5 Å². The lowest BCUT2D eigenvalue weighted by atomic mass is 9.95. The van der Waals surface area contributed by atoms with E-state index in [-0.39, 0.29) is 18.2 Å². The predicted molar refractivity (Wildman–Crippen MR) is 85.6 cm³/mol. The van der Waals surface area contributed by atoms with Crippen LogP contribution in [0.25, 0.3) is 0 Å². The number of urea groups is 1. The number of hydrogen-bond acceptors (Lipinski definition) is 4. The number of amides is 2. The Morgan fingerprint density at radius 1 is 1.42 bits per heavy atom. The van der Waals surface area contributed by atoms with Crippen LogP contribution in [0.4, 0.5) is 9.18 Å². The van der Waals surface area contributed by atoms with Crippen molar-refractivity contribution in [3.8, 4) is 0 Å². The Morgan fingerprint density at radius 3 is 2.79 bits per heavy atom. The van der Waals surface area contributed by atoms with E-state index in [1.54, 1.807) is 19.9 Å². The van der Waals surface area contributed by atoms with Gasteiger partial charge in [-0.1, -0.05) is 12.1 Å². The summed E-state index contributed by atoms with van der Waals surface area (Å²) in [4.78, 5) is 26.2. The number of benzene rings is 1. The van der Waals surface area contributed by atoms with Crippen molar-refractivity contribution in [2.75, 3.05) is 26.9 Å². The molecule has 0 bridgehead atoms. The van der Waals surface area contributed by atoms with Crippen LogP contribution in [0.15, 0.2) is 35.5 Å². The van der Waals surface area contributed by atoms with Crippen molar-refractivity contribution in [3.63, 3.8) is 0 Å². The van der Waals surface area contributed by atoms with E-state index < -0.39 is 17.8 Å². The van der Waals surface area contributed by atoms with Gasteiger partial charge in [0, 0.05) is 12.8 Å². The third kappa shape index (κ3) is 3.73. The largest absolute Gasteiger partial charge is 0.463 e. The zero-order chi connectivity index (χ0) is 17.7. The third-order valence-corrected chi connectivity index (χ3v) is 3.79. The molecular formula is C17H21FN2O4. The highest BCUT2D eigenvalue weighted by Gasteiger charge is 2.36. The summed E-state index contributed by atoms with van der Waals surface area (Å²) in [6, 6.07) is 4.66. The molecule has 1 aliphatic rings. The van der Waals surface area contributed by atoms with E-state index >= 15 is 0 Å². The molecule has 0 unspecified atom stereocenters. The number of carbonyl (C=O) groups is 2. The van der Waals surface area contributed by atoms with E-state index in [4.69, 9.17) is 9.47 Å². The number of nitrogens with zero attached hydrogens (tertiary/aromatic N) is 1. The fourth-order valence-corrected chi connectivity index (χ4v) is 2.64. The van der Waals surface area contributed by atoms with Gasteiger partial charge in [-0.2, -0.15) is 0 Å². The van der Waals surface area contributed by atoms with Crippen LogP contribution < -0.4 is 5.32 Å². The summed E-state index contributed by atoms with van der Waals surface area (Å²) in [7, 11) is 1.53. The number of methoxy groups -OCH3 is 1. The minimum atomic E-state index is -0.758. The van der Waals surface area contributed by atoms with E-state index in [0.29, 0.717) is 24.4 Å². The van der Waals surface area contributed by atoms with Crippen molar-refractivity contribution in [3.05, 3.63) is 46.9 Å². The van der Waals surface area contributed by atoms with Crippen LogP contribution >= 0.6 is 0 Å². The summed E-state index contributed by atoms with van der Waals surface area (Å²) < 4.78 is 23.7. The van der Waals surface area contributed by atoms with Crippen LogP contribution in [0.5, 0.6) is 0 Å². The summed E-state index contributed by atoms with van der Waals surface area (Å²) in [5, 5.41) is 2.74. The number of allylic oxidation sites excluding steroid dienone is 1. The van der Waals surface area contributed by atoms with Crippen molar-refractivity contribution in [2.24, 2.45) is 0 Å². The molecule has 1 aliphatic heterocycles. The Balaban J connectivity index is 2.47. The van der Waals surface area contributed by atoms with Gasteiger partial charge in [0.15, 0.2) is 0 Å². The number of hydrogen-bond donors (Lipinski definition) is 1. The van der Waals surface area contributed by atoms with E-state index in [9.17, 15) is 14.0 Å². The standard InChI is InChI=1S/C17H21FN2O4/c1-4-24-16(21)14-11(2)20(8-9-23-3)17(22)19-15(14)12-6-5-7-13(18)10-12/h5-7,10,15H,4,8-9H2,1-3H3,(H,19,22)/t15-/m1/s1. The van der Waals surface area contributed by atoms with Crippen LogP contribution in [0.3, 0.4) is 0 Å². The van der Waals surface area contributed by atoms with Gasteiger partial charge in [0.05, 0.1) is 31.4 Å². The molecular weight excluding hydrogens is 315 g/mol. The zero-order valence-corrected chi connectivity index (χ0v) is 14.0. The maximum atomic E-state index is 13.6. The Labute approximate surface area is 140 Å². The van der Waals surface area contributed by atoms with Crippen molar-refractivity contribution < 1.29 is 23.5 Å². The first kappa shape index (κ1) is 17.9. The average molecular weight is 336 g/mol. The molecule has 0 saturated carbocycles. The second-order valence-corrected chi connectivity index (χ2v) is 5.30. The van der Waals surface area contributed by atoms with Crippen LogP contribution in [0.2, 0.25) is 0 Å². The molecule has 1 N–H and O–H groups in total. The summed E-state index contributed by atoms with van der Waals surface area (Å²) in [5.41, 5.74) is 1.25. The molecule has 0 aliphatic carbocycles. The lowest BCUT2D eigenvalue weighted by Gasteiger charge is -2.35. The van der Waals surface area contributed by atoms with Gasteiger partial charge in [0.1, 0.15) is 5.82 Å². The molecule has 1 aromatic carbocycles. The lowest BCUT2D eigenvalue weighted by Crippen LogP contribution is -2.49. The first-order valence-electron chi connectivity index (χ1n) is 7.69. The fraction of sp³-hybridized carbons (Fsp3) is 0.412. The number of nitrogens with one attached hydrogen (secondary N) is 1. The van der Waals surface area contributed by atoms with Crippen molar-refractivity contribution in [2.45, 2.75) is 19.9 Å². The Morgan fingerprint density at radius 2 is 2.17 bits per heavy atom. The molecule has 130 valence electrons. The van der Waals surface area contributed by atoms with Gasteiger partial charge in [0.2, 0.25) is 0 Å². The average Bonchev–Trinajstić information content (AvgIpc) is 2.54. The zero-order valence-electron chi connectivity index (χ0n) is 14.0. The molecule has 6 nitrogen and oxygen atoms in total. The monoisotopic (exact) mass is 336 g/mol. The minimum Gasteiger partial charge on any atom is -0.463 e. The number of rotatable bonds is 6. The Kier molecular flexibility index (Phi) is 5.92. The first-order valence-corrected chi connectivity index (χ1v) is 7.69. The molecule has 7 heteroatoms. The smallest absolute Gasteiger partial charge is 0.338 e. The summed E-state index contributed by atoms with van der Waals surface area (Å²) in [6.45, 7) is 4.21. The molecule has 1 heterocycles. The molecule has 0 radical (unpaired) electrons. The van der Waals surface area contributed by atoms with E-state index in [1.807, 2.05) is 0 Å². The fourth-order valence-electron chi connectivity index (χ4n) is 2.64. The summed E-state index contributed by atoms with van der Waals surface area (Å²) >= 11 is 0. The molecule has 0 saturated heterocycles. The number of halogens is 1. The lowest BCUT2D eigenvalue weighted by molar-refractivity contribution is -0.139. The molecule has 24 heavy (non-hydrogen) atoms. The molecule has 0 spiro atoms. The highest BCUT2D eigenvalue weighted by Crippen LogP contribution is 2.31. The topological polar surface area (TPSA) is 67.9 Å². The van der Waals surface area contributed by atoms with E-state index in [0.717, 1.165) is 0 Å². The summed E-state index contributed by atoms with van der Waals surface area (Å²) in [6.07, 6.45) is 0. The molecule has 2 rings (SSSR count). The van der Waals surface area contributed by atoms with Gasteiger partial charge in [-0.3, -0.25) is 4.90 Å². The minimum absolute atomic E-state index is 0.206. The predicted octanol–water partition coefficient (Wildman–Crippen LogP) is 2.38. The second-order valence-electron chi connectivity index (χ2n) is 5.30. The second kappa shape index (κ2) is 7.92. The van der Waals surface area contributed by atoms with Crippen LogP contribution in [0, 0.1) is 5.82 Å². The van der Waals surface area contributed by atoms with Gasteiger partial charge < -0.3 is 14.8 Å². The quantitative estimate of drug-likeness (QED) is 0.810. The van der Waals surface area contributed by atoms with Crippen LogP contribution in [-0.4, -0.2) is 43.8 Å². The first-order chi connectivity index (χ1) is 11.5. The Bertz CT molecular complexity index is 660. The molecule has 0 aromatic heterocycles. The highest BCUT2D eigenvalue weighted by molar-refractivity contribution is 5.95. The number of carbonyl (C=O) groups excluding carboxylic acids is 2. The van der Waals surface area contributed by atoms with Gasteiger partial charge in [0.25, 0.3) is 0 Å². The van der Waals surface area contributed by atoms with E-state index in [2.05, 4.69) is 5.32 Å². The van der Waals surface area contributed by atoms with Gasteiger partial charge in [-0.25, -0.2) is 14.0 Å². The summed E-state index contributed by atoms with van der Waals surface area (Å²) in [5.74, 6) is -0.976. The maximum Gasteiger partial charge on any atom is 0.338 e. The van der Waals surface area contributed by atoms with Crippen LogP contribution in [0.1, 0.15) is 25.5 Å². The van der Waals surface area contributed by atoms with Crippen molar-refractivity contribution >= 4 is 12.0 Å². The van der Waals surface area contributed by atoms with Crippen LogP contribution in [-0.2, 0) is 14.3 Å². The normalized spacial score (nSPS) is 17.8. The molecule has 1 aromatic rings. The molecule has 2 amide bonds. The van der Waals surface area contributed by atoms with Gasteiger partial charge in [-0.15, -0.1) is 0 Å². The molecule has 0 fully saturated rings. The SMILES string of the molecule is CCOC(=O)C1=C(C)N(CCOC)C(=O)N[C@@H]1c1cccc(F)c1. The highest BCUT2D eigenvalue weighted by atomic mass is 19.1. The number of ether oxygens (including phenoxy) is 2. The molecule has 1 atom stereocenters. The third-order valence-electron chi connectivity index (χ3n) is 3.79. The Hall–Kier alpha value is -2.41. The maximum absolute atomic E-state index is 13.6. The van der Waals surface area contributed by atoms with Crippen molar-refractivity contribution in [1.29, 1.82) is 0 Å². The van der Waals surface area contributed by atoms with Crippen molar-refractivity contribution in [1.82, 2.24) is 10.2 Å². The number of esters is 1. The van der Waals surface area contributed by atoms with Gasteiger partial charge >= 0.3 is 12.0 Å². The van der Waals surface area contributed by atoms with E-state index in [1.165, 1.54) is 30.2 Å².